The molecule has 9 nitrogen and oxygen atoms in total. The summed E-state index contributed by atoms with van der Waals surface area (Å²) in [7, 11) is 3.11. The van der Waals surface area contributed by atoms with Crippen LogP contribution in [0.1, 0.15) is 40.5 Å². The molecule has 1 fully saturated rings. The molecule has 0 unspecified atom stereocenters. The highest BCUT2D eigenvalue weighted by Crippen LogP contribution is 2.34. The Morgan fingerprint density at radius 1 is 1.03 bits per heavy atom. The van der Waals surface area contributed by atoms with Crippen LogP contribution in [-0.4, -0.2) is 40.7 Å². The summed E-state index contributed by atoms with van der Waals surface area (Å²) < 4.78 is 7.80. The Kier molecular flexibility index (Phi) is 6.48. The number of piperidine rings is 1. The van der Waals surface area contributed by atoms with Gasteiger partial charge in [-0.15, -0.1) is 0 Å². The van der Waals surface area contributed by atoms with Gasteiger partial charge in [-0.05, 0) is 31.9 Å². The number of amides is 1. The van der Waals surface area contributed by atoms with Gasteiger partial charge in [0, 0.05) is 32.6 Å². The largest absolute Gasteiger partial charge is 0.466 e. The van der Waals surface area contributed by atoms with Crippen molar-refractivity contribution in [1.29, 1.82) is 0 Å². The molecule has 2 aromatic rings. The number of aromatic nitrogens is 2. The van der Waals surface area contributed by atoms with E-state index < -0.39 is 16.5 Å². The number of ether oxygens (including phenoxy) is 1. The molecule has 1 aliphatic heterocycles. The van der Waals surface area contributed by atoms with Gasteiger partial charge < -0.3 is 24.1 Å². The van der Waals surface area contributed by atoms with Gasteiger partial charge in [-0.3, -0.25) is 19.2 Å². The summed E-state index contributed by atoms with van der Waals surface area (Å²) in [5.41, 5.74) is 0.611. The fourth-order valence-corrected chi connectivity index (χ4v) is 3.90. The lowest BCUT2D eigenvalue weighted by Gasteiger charge is -2.34. The van der Waals surface area contributed by atoms with E-state index in [-0.39, 0.29) is 17.8 Å². The van der Waals surface area contributed by atoms with Gasteiger partial charge in [-0.1, -0.05) is 20.8 Å². The van der Waals surface area contributed by atoms with Crippen molar-refractivity contribution < 1.29 is 14.3 Å². The molecule has 0 spiro atoms. The van der Waals surface area contributed by atoms with Crippen molar-refractivity contribution >= 4 is 34.3 Å². The van der Waals surface area contributed by atoms with Crippen LogP contribution in [0.4, 0.5) is 11.4 Å². The molecule has 0 bridgehead atoms. The number of nitrogens with zero attached hydrogens (tertiary/aromatic N) is 3. The quantitative estimate of drug-likeness (QED) is 0.572. The highest BCUT2D eigenvalue weighted by Gasteiger charge is 2.29. The first-order valence-corrected chi connectivity index (χ1v) is 10.9. The van der Waals surface area contributed by atoms with E-state index in [9.17, 15) is 19.2 Å². The number of aryl methyl sites for hydroxylation is 2. The summed E-state index contributed by atoms with van der Waals surface area (Å²) in [4.78, 5) is 51.7. The van der Waals surface area contributed by atoms with E-state index in [1.165, 1.54) is 9.13 Å². The van der Waals surface area contributed by atoms with Crippen molar-refractivity contribution in [2.24, 2.45) is 25.4 Å². The molecular formula is C23H32N4O5. The summed E-state index contributed by atoms with van der Waals surface area (Å²) in [6.45, 7) is 8.84. The van der Waals surface area contributed by atoms with Gasteiger partial charge in [0.2, 0.25) is 5.91 Å². The van der Waals surface area contributed by atoms with Crippen LogP contribution >= 0.6 is 0 Å². The number of carbonyl (C=O) groups excluding carboxylic acids is 2. The third-order valence-corrected chi connectivity index (χ3v) is 5.99. The Morgan fingerprint density at radius 3 is 2.06 bits per heavy atom. The molecule has 3 rings (SSSR count). The topological polar surface area (TPSA) is 103 Å². The van der Waals surface area contributed by atoms with E-state index in [4.69, 9.17) is 4.74 Å². The van der Waals surface area contributed by atoms with Gasteiger partial charge in [-0.25, -0.2) is 0 Å². The summed E-state index contributed by atoms with van der Waals surface area (Å²) in [5.74, 6) is -0.483. The van der Waals surface area contributed by atoms with E-state index in [2.05, 4.69) is 10.2 Å². The molecule has 1 N–H and O–H groups in total. The van der Waals surface area contributed by atoms with Crippen LogP contribution in [0.2, 0.25) is 0 Å². The molecular weight excluding hydrogens is 412 g/mol. The highest BCUT2D eigenvalue weighted by atomic mass is 16.5. The van der Waals surface area contributed by atoms with E-state index >= 15 is 0 Å². The van der Waals surface area contributed by atoms with Crippen molar-refractivity contribution in [1.82, 2.24) is 9.13 Å². The monoisotopic (exact) mass is 444 g/mol. The third kappa shape index (κ3) is 4.42. The molecule has 0 atom stereocenters. The maximum Gasteiger partial charge on any atom is 0.316 e. The molecule has 1 aromatic heterocycles. The van der Waals surface area contributed by atoms with Gasteiger partial charge in [-0.2, -0.15) is 0 Å². The number of benzene rings is 1. The zero-order valence-corrected chi connectivity index (χ0v) is 19.7. The van der Waals surface area contributed by atoms with E-state index in [0.29, 0.717) is 49.3 Å². The summed E-state index contributed by atoms with van der Waals surface area (Å²) in [6, 6.07) is 3.58. The van der Waals surface area contributed by atoms with Crippen molar-refractivity contribution in [3.63, 3.8) is 0 Å². The molecule has 0 saturated carbocycles. The second-order valence-electron chi connectivity index (χ2n) is 9.30. The van der Waals surface area contributed by atoms with Crippen molar-refractivity contribution in [3.8, 4) is 0 Å². The lowest BCUT2D eigenvalue weighted by Crippen LogP contribution is -2.40. The second kappa shape index (κ2) is 8.80. The van der Waals surface area contributed by atoms with Gasteiger partial charge in [0.05, 0.1) is 34.9 Å². The number of fused-ring (bicyclic) bond motifs is 1. The second-order valence-corrected chi connectivity index (χ2v) is 9.30. The number of rotatable bonds is 4. The lowest BCUT2D eigenvalue weighted by atomic mass is 9.95. The molecule has 0 radical (unpaired) electrons. The molecule has 1 saturated heterocycles. The Labute approximate surface area is 187 Å². The minimum absolute atomic E-state index is 0.149. The minimum Gasteiger partial charge on any atom is -0.466 e. The SMILES string of the molecule is CCOC(=O)C1CCN(c2cc3c(cc2NC(=O)C(C)(C)C)n(C)c(=O)c(=O)n3C)CC1. The molecule has 1 aliphatic rings. The molecule has 174 valence electrons. The van der Waals surface area contributed by atoms with Crippen LogP contribution in [0.3, 0.4) is 0 Å². The summed E-state index contributed by atoms with van der Waals surface area (Å²) in [5, 5.41) is 3.00. The normalized spacial score (nSPS) is 15.1. The predicted molar refractivity (Wildman–Crippen MR) is 124 cm³/mol. The van der Waals surface area contributed by atoms with Crippen LogP contribution in [0.15, 0.2) is 21.7 Å². The summed E-state index contributed by atoms with van der Waals surface area (Å²) >= 11 is 0. The van der Waals surface area contributed by atoms with Crippen LogP contribution in [0, 0.1) is 11.3 Å². The first kappa shape index (κ1) is 23.6. The fraction of sp³-hybridized carbons (Fsp3) is 0.565. The van der Waals surface area contributed by atoms with E-state index in [1.807, 2.05) is 26.8 Å². The van der Waals surface area contributed by atoms with Gasteiger partial charge in [0.25, 0.3) is 0 Å². The molecule has 1 aromatic carbocycles. The smallest absolute Gasteiger partial charge is 0.316 e. The van der Waals surface area contributed by atoms with E-state index in [1.54, 1.807) is 27.1 Å². The number of hydrogen-bond acceptors (Lipinski definition) is 6. The standard InChI is InChI=1S/C23H32N4O5/c1-7-32-21(30)14-8-10-27(11-9-14)16-13-18-17(25(5)19(28)20(29)26(18)6)12-15(16)24-22(31)23(2,3)4/h12-14H,7-11H2,1-6H3,(H,24,31). The Morgan fingerprint density at radius 2 is 1.56 bits per heavy atom. The number of nitrogens with one attached hydrogen (secondary N) is 1. The zero-order valence-electron chi connectivity index (χ0n) is 19.7. The number of hydrogen-bond donors (Lipinski definition) is 1. The van der Waals surface area contributed by atoms with Crippen molar-refractivity contribution in [3.05, 3.63) is 32.8 Å². The highest BCUT2D eigenvalue weighted by molar-refractivity contribution is 6.00. The van der Waals surface area contributed by atoms with Crippen LogP contribution < -0.4 is 21.3 Å². The third-order valence-electron chi connectivity index (χ3n) is 5.99. The Hall–Kier alpha value is -3.10. The van der Waals surface area contributed by atoms with Gasteiger partial charge in [0.15, 0.2) is 0 Å². The average molecular weight is 445 g/mol. The van der Waals surface area contributed by atoms with Gasteiger partial charge >= 0.3 is 17.1 Å². The predicted octanol–water partition coefficient (Wildman–Crippen LogP) is 2.00. The molecule has 32 heavy (non-hydrogen) atoms. The van der Waals surface area contributed by atoms with Gasteiger partial charge in [0.1, 0.15) is 0 Å². The van der Waals surface area contributed by atoms with Crippen molar-refractivity contribution in [2.75, 3.05) is 29.9 Å². The fourth-order valence-electron chi connectivity index (χ4n) is 3.90. The zero-order chi connectivity index (χ0) is 23.8. The number of carbonyl (C=O) groups is 2. The van der Waals surface area contributed by atoms with Crippen LogP contribution in [-0.2, 0) is 28.4 Å². The maximum atomic E-state index is 12.8. The molecule has 0 aliphatic carbocycles. The van der Waals surface area contributed by atoms with Crippen LogP contribution in [0.5, 0.6) is 0 Å². The average Bonchev–Trinajstić information content (AvgIpc) is 2.75. The summed E-state index contributed by atoms with van der Waals surface area (Å²) in [6.07, 6.45) is 1.27. The molecule has 1 amide bonds. The Balaban J connectivity index is 2.08. The van der Waals surface area contributed by atoms with E-state index in [0.717, 1.165) is 5.69 Å². The first-order chi connectivity index (χ1) is 15.0. The Bertz CT molecular complexity index is 1160. The lowest BCUT2D eigenvalue weighted by molar-refractivity contribution is -0.148. The van der Waals surface area contributed by atoms with Crippen molar-refractivity contribution in [2.45, 2.75) is 40.5 Å². The van der Waals surface area contributed by atoms with Crippen LogP contribution in [0.25, 0.3) is 11.0 Å². The minimum atomic E-state index is -0.629. The first-order valence-electron chi connectivity index (χ1n) is 10.9. The maximum absolute atomic E-state index is 12.8. The number of anilines is 2. The molecule has 9 heteroatoms. The molecule has 2 heterocycles. The number of esters is 1.